The molecule has 0 aliphatic carbocycles. The molecule has 4 aromatic heterocycles. The molecule has 0 atom stereocenters. The number of benzene rings is 6. The van der Waals surface area contributed by atoms with E-state index in [-0.39, 0.29) is 40.2 Å². The van der Waals surface area contributed by atoms with Crippen LogP contribution in [0.15, 0.2) is 225 Å². The predicted molar refractivity (Wildman–Crippen MR) is 259 cm³/mol. The summed E-state index contributed by atoms with van der Waals surface area (Å²) in [6, 6.07) is 83.5. The summed E-state index contributed by atoms with van der Waals surface area (Å²) in [7, 11) is 0. The van der Waals surface area contributed by atoms with E-state index in [9.17, 15) is 0 Å². The van der Waals surface area contributed by atoms with Crippen LogP contribution < -0.4 is 0 Å². The van der Waals surface area contributed by atoms with Gasteiger partial charge in [0.05, 0.1) is 0 Å². The summed E-state index contributed by atoms with van der Waals surface area (Å²) in [4.78, 5) is 17.6. The van der Waals surface area contributed by atoms with Gasteiger partial charge in [-0.3, -0.25) is 0 Å². The molecule has 0 aliphatic heterocycles. The number of hydrogen-bond donors (Lipinski definition) is 0. The summed E-state index contributed by atoms with van der Waals surface area (Å²) in [6.07, 6.45) is 3.61. The third kappa shape index (κ3) is 15.2. The van der Waals surface area contributed by atoms with Crippen molar-refractivity contribution in [3.05, 3.63) is 266 Å². The van der Waals surface area contributed by atoms with Crippen LogP contribution in [-0.2, 0) is 40.2 Å². The molecule has 6 aromatic carbocycles. The molecule has 324 valence electrons. The van der Waals surface area contributed by atoms with Crippen LogP contribution in [0.4, 0.5) is 0 Å². The Labute approximate surface area is 411 Å². The van der Waals surface area contributed by atoms with Crippen LogP contribution in [0.5, 0.6) is 0 Å². The van der Waals surface area contributed by atoms with Gasteiger partial charge in [0.2, 0.25) is 0 Å². The number of rotatable bonds is 6. The molecule has 0 amide bonds. The minimum absolute atomic E-state index is 0. The van der Waals surface area contributed by atoms with Crippen molar-refractivity contribution < 1.29 is 40.2 Å². The molecule has 0 saturated carbocycles. The molecule has 65 heavy (non-hydrogen) atoms. The van der Waals surface area contributed by atoms with Crippen LogP contribution in [0.25, 0.3) is 67.3 Å². The third-order valence-electron chi connectivity index (χ3n) is 9.66. The van der Waals surface area contributed by atoms with Crippen molar-refractivity contribution in [3.8, 4) is 67.3 Å². The minimum atomic E-state index is 0. The molecule has 2 radical (unpaired) electrons. The monoisotopic (exact) mass is 1200 g/mol. The average Bonchev–Trinajstić information content (AvgIpc) is 3.36. The summed E-state index contributed by atoms with van der Waals surface area (Å²) in [5, 5.41) is 0. The number of nitrogens with zero attached hydrogens (tertiary/aromatic N) is 4. The molecule has 4 heterocycles. The number of pyridine rings is 4. The zero-order valence-corrected chi connectivity index (χ0v) is 41.1. The summed E-state index contributed by atoms with van der Waals surface area (Å²) in [6.45, 7) is 6.09. The topological polar surface area (TPSA) is 51.6 Å². The summed E-state index contributed by atoms with van der Waals surface area (Å²) in [5.41, 5.74) is 16.2. The third-order valence-corrected chi connectivity index (χ3v) is 9.66. The van der Waals surface area contributed by atoms with Crippen LogP contribution in [0.2, 0.25) is 0 Å². The number of aryl methyl sites for hydroxylation is 3. The Hall–Kier alpha value is -6.78. The molecule has 0 fully saturated rings. The van der Waals surface area contributed by atoms with Gasteiger partial charge in [-0.2, -0.15) is 0 Å². The van der Waals surface area contributed by atoms with Gasteiger partial charge in [-0.25, -0.2) is 0 Å². The Morgan fingerprint density at radius 3 is 1.20 bits per heavy atom. The van der Waals surface area contributed by atoms with Gasteiger partial charge in [-0.05, 0) is 78.9 Å². The first-order chi connectivity index (χ1) is 31.0. The van der Waals surface area contributed by atoms with Crippen molar-refractivity contribution >= 4 is 0 Å². The summed E-state index contributed by atoms with van der Waals surface area (Å²) < 4.78 is 0. The first-order valence-electron chi connectivity index (χ1n) is 20.8. The predicted octanol–water partition coefficient (Wildman–Crippen LogP) is 14.4. The maximum atomic E-state index is 4.47. The van der Waals surface area contributed by atoms with Crippen LogP contribution >= 0.6 is 0 Å². The largest absolute Gasteiger partial charge is 0.305 e. The van der Waals surface area contributed by atoms with Crippen LogP contribution in [0.1, 0.15) is 17.0 Å². The molecule has 10 aromatic rings. The summed E-state index contributed by atoms with van der Waals surface area (Å²) in [5.74, 6) is 0. The molecular formula is C59H46Ir2N4-4. The molecule has 0 aliphatic rings. The second kappa shape index (κ2) is 26.1. The smallest absolute Gasteiger partial charge is 0.0268 e. The van der Waals surface area contributed by atoms with Crippen molar-refractivity contribution in [2.24, 2.45) is 0 Å². The Morgan fingerprint density at radius 2 is 0.754 bits per heavy atom. The van der Waals surface area contributed by atoms with Crippen molar-refractivity contribution in [3.63, 3.8) is 0 Å². The van der Waals surface area contributed by atoms with E-state index in [1.54, 1.807) is 12.4 Å². The molecular weight excluding hydrogens is 1150 g/mol. The Morgan fingerprint density at radius 1 is 0.308 bits per heavy atom. The first-order valence-corrected chi connectivity index (χ1v) is 20.8. The fourth-order valence-electron chi connectivity index (χ4n) is 6.67. The van der Waals surface area contributed by atoms with Crippen molar-refractivity contribution in [2.75, 3.05) is 0 Å². The number of aromatic nitrogens is 4. The molecule has 0 N–H and O–H groups in total. The zero-order valence-electron chi connectivity index (χ0n) is 36.3. The molecule has 4 nitrogen and oxygen atoms in total. The maximum absolute atomic E-state index is 4.47. The van der Waals surface area contributed by atoms with Gasteiger partial charge in [0.15, 0.2) is 0 Å². The van der Waals surface area contributed by atoms with Gasteiger partial charge in [-0.15, -0.1) is 143 Å². The van der Waals surface area contributed by atoms with Crippen LogP contribution in [-0.4, -0.2) is 19.9 Å². The van der Waals surface area contributed by atoms with Gasteiger partial charge >= 0.3 is 0 Å². The van der Waals surface area contributed by atoms with Crippen LogP contribution in [0.3, 0.4) is 0 Å². The molecule has 0 bridgehead atoms. The quantitative estimate of drug-likeness (QED) is 0.156. The van der Waals surface area contributed by atoms with Gasteiger partial charge in [0.25, 0.3) is 0 Å². The Balaban J connectivity index is 0.000000163. The zero-order chi connectivity index (χ0) is 43.5. The average molecular weight is 1200 g/mol. The van der Waals surface area contributed by atoms with E-state index in [1.807, 2.05) is 166 Å². The van der Waals surface area contributed by atoms with Crippen molar-refractivity contribution in [2.45, 2.75) is 20.8 Å². The molecule has 6 heteroatoms. The van der Waals surface area contributed by atoms with Gasteiger partial charge in [-0.1, -0.05) is 109 Å². The summed E-state index contributed by atoms with van der Waals surface area (Å²) >= 11 is 0. The van der Waals surface area contributed by atoms with Gasteiger partial charge in [0.1, 0.15) is 0 Å². The maximum Gasteiger partial charge on any atom is 0.0268 e. The number of hydrogen-bond acceptors (Lipinski definition) is 4. The first kappa shape index (κ1) is 49.2. The SMILES string of the molecule is Cc1cc(C)nc(-c2[c-]cccc2)c1.Cc1cccc(-c2[c-]cccc2)n1.[Ir].[Ir].[c-]1ccc(-c2ccccc2)cc1-c1ccccn1.[c-]1ccc(-c2ccccc2)cc1-c1ccccn1. The van der Waals surface area contributed by atoms with E-state index in [0.717, 1.165) is 56.4 Å². The fraction of sp³-hybridized carbons (Fsp3) is 0.0508. The minimum Gasteiger partial charge on any atom is -0.305 e. The van der Waals surface area contributed by atoms with E-state index in [4.69, 9.17) is 0 Å². The van der Waals surface area contributed by atoms with E-state index < -0.39 is 0 Å². The second-order valence-electron chi connectivity index (χ2n) is 14.5. The van der Waals surface area contributed by atoms with Crippen LogP contribution in [0, 0.1) is 45.0 Å². The van der Waals surface area contributed by atoms with Gasteiger partial charge < -0.3 is 19.9 Å². The molecule has 10 rings (SSSR count). The Bertz CT molecular complexity index is 2650. The van der Waals surface area contributed by atoms with E-state index in [2.05, 4.69) is 112 Å². The second-order valence-corrected chi connectivity index (χ2v) is 14.5. The van der Waals surface area contributed by atoms with E-state index in [1.165, 1.54) is 27.8 Å². The fourth-order valence-corrected chi connectivity index (χ4v) is 6.67. The van der Waals surface area contributed by atoms with Crippen molar-refractivity contribution in [1.82, 2.24) is 19.9 Å². The standard InChI is InChI=1S/2C17H12N.C13H12N.C12H10N.2Ir/c2*1-2-7-14(8-3-1)15-9-6-10-16(13-15)17-11-4-5-12-18-17;1-10-8-11(2)14-13(9-10)12-6-4-3-5-7-12;1-10-6-5-9-12(13-10)11-7-3-2-4-8-11;;/h2*1-9,11-13H;3-6,8-9H,1-2H3;2-7,9H,1H3;;/q4*-1;;. The molecule has 0 spiro atoms. The van der Waals surface area contributed by atoms with Gasteiger partial charge in [0, 0.05) is 64.0 Å². The molecule has 0 unspecified atom stereocenters. The molecule has 0 saturated heterocycles. The van der Waals surface area contributed by atoms with E-state index in [0.29, 0.717) is 0 Å². The van der Waals surface area contributed by atoms with Crippen molar-refractivity contribution in [1.29, 1.82) is 0 Å². The van der Waals surface area contributed by atoms with E-state index >= 15 is 0 Å². The normalized spacial score (nSPS) is 9.83. The Kier molecular flexibility index (Phi) is 19.8.